The maximum atomic E-state index is 12.8. The summed E-state index contributed by atoms with van der Waals surface area (Å²) in [6, 6.07) is 8.29. The monoisotopic (exact) mass is 472 g/mol. The number of carbonyl (C=O) groups is 1. The molecule has 5 rings (SSSR count). The summed E-state index contributed by atoms with van der Waals surface area (Å²) in [4.78, 5) is 26.6. The summed E-state index contributed by atoms with van der Waals surface area (Å²) in [5.41, 5.74) is 3.36. The summed E-state index contributed by atoms with van der Waals surface area (Å²) in [5.74, 6) is 2.52. The maximum absolute atomic E-state index is 12.8. The second-order valence-electron chi connectivity index (χ2n) is 9.66. The van der Waals surface area contributed by atoms with Crippen LogP contribution in [-0.2, 0) is 9.53 Å². The number of methoxy groups -OCH3 is 1. The van der Waals surface area contributed by atoms with Crippen molar-refractivity contribution in [1.82, 2.24) is 14.9 Å². The standard InChI is InChI=1S/C27H32N6O2/c1-3-18-8-10-29-24(14-18)30-22-15-21(16-28)27(31-26(22)20-6-7-20)32-11-12-33(25(34)9-13-35-2)23(17-32)19-4-5-19/h3,8,10,14-15,19-20,23H,1,4-7,9,11-13,17H2,2H3,(H,29,30). The van der Waals surface area contributed by atoms with Crippen molar-refractivity contribution < 1.29 is 9.53 Å². The van der Waals surface area contributed by atoms with Crippen molar-refractivity contribution in [2.75, 3.05) is 43.6 Å². The van der Waals surface area contributed by atoms with Crippen molar-refractivity contribution in [2.24, 2.45) is 5.92 Å². The molecule has 0 radical (unpaired) electrons. The Balaban J connectivity index is 1.42. The Morgan fingerprint density at radius 1 is 1.31 bits per heavy atom. The number of nitrogens with one attached hydrogen (secondary N) is 1. The van der Waals surface area contributed by atoms with E-state index in [0.29, 0.717) is 55.9 Å². The summed E-state index contributed by atoms with van der Waals surface area (Å²) < 4.78 is 5.12. The number of pyridine rings is 2. The van der Waals surface area contributed by atoms with Gasteiger partial charge in [0.2, 0.25) is 5.91 Å². The minimum absolute atomic E-state index is 0.157. The lowest BCUT2D eigenvalue weighted by atomic mass is 10.0. The molecule has 2 aromatic rings. The van der Waals surface area contributed by atoms with E-state index < -0.39 is 0 Å². The van der Waals surface area contributed by atoms with Crippen LogP contribution in [0.4, 0.5) is 17.3 Å². The number of ether oxygens (including phenoxy) is 1. The second kappa shape index (κ2) is 10.0. The predicted molar refractivity (Wildman–Crippen MR) is 135 cm³/mol. The van der Waals surface area contributed by atoms with Crippen LogP contribution in [0.15, 0.2) is 31.0 Å². The van der Waals surface area contributed by atoms with Gasteiger partial charge in [-0.2, -0.15) is 5.26 Å². The molecule has 182 valence electrons. The van der Waals surface area contributed by atoms with Crippen molar-refractivity contribution in [2.45, 2.75) is 44.1 Å². The van der Waals surface area contributed by atoms with E-state index in [-0.39, 0.29) is 11.9 Å². The lowest BCUT2D eigenvalue weighted by molar-refractivity contribution is -0.135. The van der Waals surface area contributed by atoms with Crippen LogP contribution in [0.3, 0.4) is 0 Å². The first kappa shape index (κ1) is 23.3. The van der Waals surface area contributed by atoms with Crippen LogP contribution in [0.2, 0.25) is 0 Å². The van der Waals surface area contributed by atoms with Crippen molar-refractivity contribution in [3.05, 3.63) is 47.8 Å². The number of piperazine rings is 1. The number of hydrogen-bond donors (Lipinski definition) is 1. The minimum Gasteiger partial charge on any atom is -0.384 e. The number of aromatic nitrogens is 2. The summed E-state index contributed by atoms with van der Waals surface area (Å²) in [6.45, 7) is 6.31. The Kier molecular flexibility index (Phi) is 6.69. The molecule has 1 N–H and O–H groups in total. The summed E-state index contributed by atoms with van der Waals surface area (Å²) in [5, 5.41) is 13.4. The zero-order valence-corrected chi connectivity index (χ0v) is 20.2. The number of nitriles is 1. The quantitative estimate of drug-likeness (QED) is 0.588. The number of carbonyl (C=O) groups excluding carboxylic acids is 1. The van der Waals surface area contributed by atoms with E-state index in [2.05, 4.69) is 27.8 Å². The molecule has 8 nitrogen and oxygen atoms in total. The topological polar surface area (TPSA) is 94.4 Å². The van der Waals surface area contributed by atoms with Crippen molar-refractivity contribution >= 4 is 29.3 Å². The highest BCUT2D eigenvalue weighted by Gasteiger charge is 2.41. The third-order valence-corrected chi connectivity index (χ3v) is 7.12. The van der Waals surface area contributed by atoms with Crippen LogP contribution < -0.4 is 10.2 Å². The van der Waals surface area contributed by atoms with Gasteiger partial charge in [0.1, 0.15) is 17.7 Å². The SMILES string of the molecule is C=Cc1ccnc(Nc2cc(C#N)c(N3CCN(C(=O)CCOC)C(C4CC4)C3)nc2C2CC2)c1. The molecular formula is C27H32N6O2. The van der Waals surface area contributed by atoms with Gasteiger partial charge < -0.3 is 19.9 Å². The molecule has 0 bridgehead atoms. The zero-order chi connectivity index (χ0) is 24.4. The fourth-order valence-electron chi connectivity index (χ4n) is 4.92. The molecule has 3 aliphatic rings. The predicted octanol–water partition coefficient (Wildman–Crippen LogP) is 4.08. The van der Waals surface area contributed by atoms with Crippen molar-refractivity contribution in [1.29, 1.82) is 5.26 Å². The van der Waals surface area contributed by atoms with Gasteiger partial charge in [0.15, 0.2) is 0 Å². The van der Waals surface area contributed by atoms with E-state index in [9.17, 15) is 10.1 Å². The molecule has 3 heterocycles. The summed E-state index contributed by atoms with van der Waals surface area (Å²) in [6.07, 6.45) is 8.44. The van der Waals surface area contributed by atoms with E-state index in [1.807, 2.05) is 23.1 Å². The Morgan fingerprint density at radius 3 is 2.83 bits per heavy atom. The Bertz CT molecular complexity index is 1150. The van der Waals surface area contributed by atoms with Crippen LogP contribution in [0.25, 0.3) is 6.08 Å². The molecule has 2 aromatic heterocycles. The highest BCUT2D eigenvalue weighted by atomic mass is 16.5. The lowest BCUT2D eigenvalue weighted by Crippen LogP contribution is -2.56. The van der Waals surface area contributed by atoms with E-state index in [0.717, 1.165) is 48.4 Å². The zero-order valence-electron chi connectivity index (χ0n) is 20.2. The Morgan fingerprint density at radius 2 is 2.14 bits per heavy atom. The van der Waals surface area contributed by atoms with Crippen LogP contribution in [-0.4, -0.2) is 60.2 Å². The van der Waals surface area contributed by atoms with Gasteiger partial charge in [-0.05, 0) is 55.4 Å². The van der Waals surface area contributed by atoms with Crippen LogP contribution in [0.1, 0.15) is 54.8 Å². The Hall–Kier alpha value is -3.44. The third-order valence-electron chi connectivity index (χ3n) is 7.12. The first-order valence-corrected chi connectivity index (χ1v) is 12.4. The number of hydrogen-bond acceptors (Lipinski definition) is 7. The number of nitrogens with zero attached hydrogens (tertiary/aromatic N) is 5. The van der Waals surface area contributed by atoms with Crippen LogP contribution >= 0.6 is 0 Å². The highest BCUT2D eigenvalue weighted by Crippen LogP contribution is 2.45. The maximum Gasteiger partial charge on any atom is 0.225 e. The Labute approximate surface area is 206 Å². The first-order chi connectivity index (χ1) is 17.1. The van der Waals surface area contributed by atoms with Crippen molar-refractivity contribution in [3.63, 3.8) is 0 Å². The summed E-state index contributed by atoms with van der Waals surface area (Å²) >= 11 is 0. The van der Waals surface area contributed by atoms with Gasteiger partial charge in [0.25, 0.3) is 0 Å². The summed E-state index contributed by atoms with van der Waals surface area (Å²) in [7, 11) is 1.63. The van der Waals surface area contributed by atoms with Gasteiger partial charge in [-0.3, -0.25) is 4.79 Å². The molecule has 2 saturated carbocycles. The van der Waals surface area contributed by atoms with Crippen molar-refractivity contribution in [3.8, 4) is 6.07 Å². The fourth-order valence-corrected chi connectivity index (χ4v) is 4.92. The number of anilines is 3. The molecule has 0 spiro atoms. The fraction of sp³-hybridized carbons (Fsp3) is 0.481. The second-order valence-corrected chi connectivity index (χ2v) is 9.66. The van der Waals surface area contributed by atoms with E-state index >= 15 is 0 Å². The molecule has 35 heavy (non-hydrogen) atoms. The minimum atomic E-state index is 0.157. The van der Waals surface area contributed by atoms with E-state index in [4.69, 9.17) is 9.72 Å². The molecule has 1 unspecified atom stereocenters. The highest BCUT2D eigenvalue weighted by molar-refractivity contribution is 5.77. The molecule has 1 saturated heterocycles. The average Bonchev–Trinajstić information content (AvgIpc) is 3.80. The number of amides is 1. The van der Waals surface area contributed by atoms with E-state index in [1.54, 1.807) is 19.4 Å². The lowest BCUT2D eigenvalue weighted by Gasteiger charge is -2.42. The molecular weight excluding hydrogens is 440 g/mol. The van der Waals surface area contributed by atoms with Crippen LogP contribution in [0, 0.1) is 17.2 Å². The third kappa shape index (κ3) is 5.15. The van der Waals surface area contributed by atoms with Gasteiger partial charge in [0.05, 0.1) is 36.0 Å². The van der Waals surface area contributed by atoms with Crippen LogP contribution in [0.5, 0.6) is 0 Å². The molecule has 1 amide bonds. The molecule has 8 heteroatoms. The average molecular weight is 473 g/mol. The number of rotatable bonds is 9. The normalized spacial score (nSPS) is 19.8. The molecule has 2 aliphatic carbocycles. The smallest absolute Gasteiger partial charge is 0.225 e. The first-order valence-electron chi connectivity index (χ1n) is 12.4. The van der Waals surface area contributed by atoms with Gasteiger partial charge in [-0.25, -0.2) is 9.97 Å². The molecule has 1 atom stereocenters. The van der Waals surface area contributed by atoms with Gasteiger partial charge in [0, 0.05) is 38.9 Å². The van der Waals surface area contributed by atoms with Gasteiger partial charge >= 0.3 is 0 Å². The molecule has 1 aliphatic heterocycles. The van der Waals surface area contributed by atoms with Gasteiger partial charge in [-0.1, -0.05) is 12.7 Å². The molecule has 3 fully saturated rings. The van der Waals surface area contributed by atoms with E-state index in [1.165, 1.54) is 0 Å². The van der Waals surface area contributed by atoms with Gasteiger partial charge in [-0.15, -0.1) is 0 Å². The largest absolute Gasteiger partial charge is 0.384 e. The molecule has 0 aromatic carbocycles.